The molecule has 0 bridgehead atoms. The minimum Gasteiger partial charge on any atom is -0.326 e. The van der Waals surface area contributed by atoms with Crippen LogP contribution in [0.3, 0.4) is 0 Å². The van der Waals surface area contributed by atoms with Crippen LogP contribution in [0.25, 0.3) is 0 Å². The molecule has 1 heterocycles. The van der Waals surface area contributed by atoms with Crippen LogP contribution in [-0.2, 0) is 4.57 Å². The molecule has 1 saturated heterocycles. The first kappa shape index (κ1) is 15.6. The Balaban J connectivity index is 1.91. The Hall–Kier alpha value is -1.33. The maximum atomic E-state index is 13.1. The Labute approximate surface area is 134 Å². The molecule has 1 fully saturated rings. The molecule has 116 valence electrons. The van der Waals surface area contributed by atoms with Gasteiger partial charge in [0.2, 0.25) is 0 Å². The highest BCUT2D eigenvalue weighted by molar-refractivity contribution is 7.46. The summed E-state index contributed by atoms with van der Waals surface area (Å²) in [6, 6.07) is 13.3. The van der Waals surface area contributed by atoms with Crippen molar-refractivity contribution in [3.63, 3.8) is 0 Å². The second-order valence-corrected chi connectivity index (χ2v) is 9.13. The van der Waals surface area contributed by atoms with Crippen molar-refractivity contribution < 1.29 is 4.57 Å². The first-order valence-corrected chi connectivity index (χ1v) is 9.70. The van der Waals surface area contributed by atoms with Gasteiger partial charge in [0, 0.05) is 11.3 Å². The zero-order valence-corrected chi connectivity index (χ0v) is 14.9. The third-order valence-electron chi connectivity index (χ3n) is 4.72. The van der Waals surface area contributed by atoms with Crippen molar-refractivity contribution in [3.8, 4) is 0 Å². The van der Waals surface area contributed by atoms with E-state index in [0.717, 1.165) is 12.8 Å². The first-order valence-electron chi connectivity index (χ1n) is 8.14. The lowest BCUT2D eigenvalue weighted by atomic mass is 9.99. The minimum absolute atomic E-state index is 0.259. The van der Waals surface area contributed by atoms with Crippen LogP contribution >= 0.6 is 7.80 Å². The highest BCUT2D eigenvalue weighted by atomic mass is 31.1. The molecule has 0 aromatic heterocycles. The Morgan fingerprint density at radius 1 is 0.682 bits per heavy atom. The molecule has 2 atom stereocenters. The number of benzene rings is 2. The molecule has 1 nitrogen and oxygen atoms in total. The maximum Gasteiger partial charge on any atom is 0.0904 e. The van der Waals surface area contributed by atoms with Crippen molar-refractivity contribution >= 4 is 7.80 Å². The zero-order valence-electron chi connectivity index (χ0n) is 13.9. The predicted molar refractivity (Wildman–Crippen MR) is 95.5 cm³/mol. The topological polar surface area (TPSA) is 17.1 Å². The van der Waals surface area contributed by atoms with Gasteiger partial charge in [0.1, 0.15) is 0 Å². The Kier molecular flexibility index (Phi) is 4.28. The van der Waals surface area contributed by atoms with Crippen LogP contribution in [0, 0.1) is 27.7 Å². The van der Waals surface area contributed by atoms with Gasteiger partial charge >= 0.3 is 0 Å². The monoisotopic (exact) mass is 312 g/mol. The molecule has 2 aromatic rings. The van der Waals surface area contributed by atoms with Crippen LogP contribution in [0.1, 0.15) is 57.5 Å². The van der Waals surface area contributed by atoms with Crippen LogP contribution in [0.2, 0.25) is 0 Å². The quantitative estimate of drug-likeness (QED) is 0.616. The fourth-order valence-electron chi connectivity index (χ4n) is 3.94. The van der Waals surface area contributed by atoms with Gasteiger partial charge in [-0.25, -0.2) is 0 Å². The lowest BCUT2D eigenvalue weighted by molar-refractivity contribution is 0.581. The standard InChI is InChI=1S/C20H25OP/c1-13-7-14(2)10-17(9-13)19-5-6-20(22(19)21)18-11-15(3)8-16(4)12-18/h7-12,19-20,22H,5-6H2,1-4H3/t19-,20-/m0/s1. The Morgan fingerprint density at radius 2 is 1.00 bits per heavy atom. The fraction of sp³-hybridized carbons (Fsp3) is 0.400. The Morgan fingerprint density at radius 3 is 1.32 bits per heavy atom. The molecule has 1 aliphatic heterocycles. The molecule has 0 unspecified atom stereocenters. The summed E-state index contributed by atoms with van der Waals surface area (Å²) < 4.78 is 13.1. The average Bonchev–Trinajstić information content (AvgIpc) is 2.78. The van der Waals surface area contributed by atoms with E-state index in [4.69, 9.17) is 0 Å². The van der Waals surface area contributed by atoms with E-state index in [-0.39, 0.29) is 11.3 Å². The molecule has 0 radical (unpaired) electrons. The van der Waals surface area contributed by atoms with Crippen molar-refractivity contribution in [2.45, 2.75) is 51.9 Å². The molecule has 0 aliphatic carbocycles. The molecule has 22 heavy (non-hydrogen) atoms. The van der Waals surface area contributed by atoms with E-state index in [1.807, 2.05) is 0 Å². The second kappa shape index (κ2) is 6.05. The fourth-order valence-corrected chi connectivity index (χ4v) is 6.32. The zero-order chi connectivity index (χ0) is 15.9. The summed E-state index contributed by atoms with van der Waals surface area (Å²) in [4.78, 5) is 0. The smallest absolute Gasteiger partial charge is 0.0904 e. The number of hydrogen-bond donors (Lipinski definition) is 0. The first-order chi connectivity index (χ1) is 10.4. The SMILES string of the molecule is Cc1cc(C)cc([C@@H]2CC[C@@H](c3cc(C)cc(C)c3)[PH]2=O)c1. The van der Waals surface area contributed by atoms with Gasteiger partial charge in [-0.2, -0.15) is 0 Å². The van der Waals surface area contributed by atoms with E-state index in [9.17, 15) is 4.57 Å². The van der Waals surface area contributed by atoms with Gasteiger partial charge in [-0.05, 0) is 51.7 Å². The van der Waals surface area contributed by atoms with E-state index in [2.05, 4.69) is 64.1 Å². The molecular weight excluding hydrogens is 287 g/mol. The Bertz CT molecular complexity index is 630. The lowest BCUT2D eigenvalue weighted by Crippen LogP contribution is -1.92. The van der Waals surface area contributed by atoms with Crippen LogP contribution in [0.4, 0.5) is 0 Å². The summed E-state index contributed by atoms with van der Waals surface area (Å²) in [6.07, 6.45) is 2.11. The van der Waals surface area contributed by atoms with Gasteiger partial charge < -0.3 is 4.57 Å². The summed E-state index contributed by atoms with van der Waals surface area (Å²) in [6.45, 7) is 8.52. The highest BCUT2D eigenvalue weighted by Crippen LogP contribution is 2.63. The van der Waals surface area contributed by atoms with E-state index in [0.29, 0.717) is 0 Å². The van der Waals surface area contributed by atoms with Gasteiger partial charge in [-0.1, -0.05) is 58.7 Å². The molecule has 3 rings (SSSR count). The third kappa shape index (κ3) is 3.06. The van der Waals surface area contributed by atoms with Gasteiger partial charge in [0.05, 0.1) is 7.80 Å². The van der Waals surface area contributed by atoms with Gasteiger partial charge in [-0.15, -0.1) is 0 Å². The molecule has 0 spiro atoms. The second-order valence-electron chi connectivity index (χ2n) is 6.93. The summed E-state index contributed by atoms with van der Waals surface area (Å²) in [5.74, 6) is 0. The van der Waals surface area contributed by atoms with Crippen molar-refractivity contribution in [1.29, 1.82) is 0 Å². The van der Waals surface area contributed by atoms with Crippen molar-refractivity contribution in [1.82, 2.24) is 0 Å². The molecule has 0 saturated carbocycles. The number of aryl methyl sites for hydroxylation is 4. The van der Waals surface area contributed by atoms with Gasteiger partial charge in [-0.3, -0.25) is 0 Å². The molecule has 2 heteroatoms. The molecule has 2 aromatic carbocycles. The summed E-state index contributed by atoms with van der Waals surface area (Å²) in [5, 5.41) is 0. The minimum atomic E-state index is -1.65. The molecular formula is C20H25OP. The lowest BCUT2D eigenvalue weighted by Gasteiger charge is -2.15. The summed E-state index contributed by atoms with van der Waals surface area (Å²) >= 11 is 0. The van der Waals surface area contributed by atoms with E-state index in [1.165, 1.54) is 33.4 Å². The molecule has 0 N–H and O–H groups in total. The van der Waals surface area contributed by atoms with E-state index < -0.39 is 7.80 Å². The summed E-state index contributed by atoms with van der Waals surface area (Å²) in [5.41, 5.74) is 8.20. The predicted octanol–water partition coefficient (Wildman–Crippen LogP) is 6.06. The van der Waals surface area contributed by atoms with Crippen LogP contribution in [0.15, 0.2) is 36.4 Å². The van der Waals surface area contributed by atoms with Gasteiger partial charge in [0.15, 0.2) is 0 Å². The summed E-state index contributed by atoms with van der Waals surface area (Å²) in [7, 11) is -1.65. The average molecular weight is 312 g/mol. The van der Waals surface area contributed by atoms with Gasteiger partial charge in [0.25, 0.3) is 0 Å². The molecule has 0 amide bonds. The largest absolute Gasteiger partial charge is 0.326 e. The number of rotatable bonds is 2. The van der Waals surface area contributed by atoms with E-state index >= 15 is 0 Å². The van der Waals surface area contributed by atoms with Crippen molar-refractivity contribution in [2.24, 2.45) is 0 Å². The normalized spacial score (nSPS) is 22.2. The molecule has 1 aliphatic rings. The van der Waals surface area contributed by atoms with Crippen molar-refractivity contribution in [3.05, 3.63) is 69.8 Å². The highest BCUT2D eigenvalue weighted by Gasteiger charge is 2.34. The van der Waals surface area contributed by atoms with Crippen molar-refractivity contribution in [2.75, 3.05) is 0 Å². The maximum absolute atomic E-state index is 13.1. The van der Waals surface area contributed by atoms with Crippen LogP contribution < -0.4 is 0 Å². The van der Waals surface area contributed by atoms with E-state index in [1.54, 1.807) is 0 Å². The van der Waals surface area contributed by atoms with Crippen LogP contribution in [0.5, 0.6) is 0 Å². The third-order valence-corrected chi connectivity index (χ3v) is 7.34. The number of hydrogen-bond acceptors (Lipinski definition) is 1. The van der Waals surface area contributed by atoms with Crippen LogP contribution in [-0.4, -0.2) is 0 Å².